The maximum Gasteiger partial charge on any atom is 0.213 e. The van der Waals surface area contributed by atoms with Gasteiger partial charge in [-0.15, -0.1) is 0 Å². The summed E-state index contributed by atoms with van der Waals surface area (Å²) in [6.07, 6.45) is 2.47. The van der Waals surface area contributed by atoms with Gasteiger partial charge in [0.2, 0.25) is 5.88 Å². The van der Waals surface area contributed by atoms with Crippen LogP contribution in [0.4, 0.5) is 0 Å². The molecular weight excluding hydrogens is 204 g/mol. The second-order valence-electron chi connectivity index (χ2n) is 4.01. The van der Waals surface area contributed by atoms with Crippen molar-refractivity contribution in [3.63, 3.8) is 0 Å². The van der Waals surface area contributed by atoms with E-state index in [1.165, 1.54) is 0 Å². The summed E-state index contributed by atoms with van der Waals surface area (Å²) in [6.45, 7) is 0. The minimum absolute atomic E-state index is 0.193. The molecule has 2 aromatic heterocycles. The number of Topliss-reactive ketones (excluding diaryl/α,β-unsaturated/α-hetero) is 1. The standard InChI is InChI=1S/C12H12N2O2/c1-16-10-6-5-8-11(14-10)7-3-2-4-9(15)12(7)13-8/h5-6,13H,2-4H2,1H3. The summed E-state index contributed by atoms with van der Waals surface area (Å²) < 4.78 is 5.10. The zero-order valence-electron chi connectivity index (χ0n) is 9.04. The first-order chi connectivity index (χ1) is 7.79. The predicted octanol–water partition coefficient (Wildman–Crippen LogP) is 2.09. The number of pyridine rings is 1. The second-order valence-corrected chi connectivity index (χ2v) is 4.01. The van der Waals surface area contributed by atoms with E-state index in [2.05, 4.69) is 9.97 Å². The zero-order chi connectivity index (χ0) is 11.1. The van der Waals surface area contributed by atoms with Gasteiger partial charge >= 0.3 is 0 Å². The van der Waals surface area contributed by atoms with Crippen LogP contribution in [0.1, 0.15) is 28.9 Å². The number of ketones is 1. The molecule has 0 fully saturated rings. The van der Waals surface area contributed by atoms with Crippen molar-refractivity contribution >= 4 is 16.8 Å². The van der Waals surface area contributed by atoms with E-state index in [1.54, 1.807) is 13.2 Å². The third kappa shape index (κ3) is 1.23. The molecule has 0 spiro atoms. The first-order valence-electron chi connectivity index (χ1n) is 5.38. The van der Waals surface area contributed by atoms with Crippen molar-refractivity contribution in [2.75, 3.05) is 7.11 Å². The molecule has 1 aliphatic carbocycles. The van der Waals surface area contributed by atoms with Gasteiger partial charge in [-0.2, -0.15) is 0 Å². The molecule has 0 bridgehead atoms. The van der Waals surface area contributed by atoms with Crippen molar-refractivity contribution in [2.24, 2.45) is 0 Å². The highest BCUT2D eigenvalue weighted by Crippen LogP contribution is 2.28. The predicted molar refractivity (Wildman–Crippen MR) is 59.9 cm³/mol. The Hall–Kier alpha value is -1.84. The van der Waals surface area contributed by atoms with Crippen molar-refractivity contribution < 1.29 is 9.53 Å². The van der Waals surface area contributed by atoms with Gasteiger partial charge in [-0.3, -0.25) is 4.79 Å². The fraction of sp³-hybridized carbons (Fsp3) is 0.333. The second kappa shape index (κ2) is 3.33. The molecule has 0 amide bonds. The van der Waals surface area contributed by atoms with Crippen LogP contribution in [0.2, 0.25) is 0 Å². The molecular formula is C12H12N2O2. The molecule has 3 rings (SSSR count). The summed E-state index contributed by atoms with van der Waals surface area (Å²) in [5, 5.41) is 0. The lowest BCUT2D eigenvalue weighted by atomic mass is 9.96. The molecule has 2 aromatic rings. The van der Waals surface area contributed by atoms with Gasteiger partial charge in [-0.1, -0.05) is 0 Å². The number of methoxy groups -OCH3 is 1. The fourth-order valence-corrected chi connectivity index (χ4v) is 2.25. The van der Waals surface area contributed by atoms with Crippen LogP contribution in [0.25, 0.3) is 11.0 Å². The molecule has 0 unspecified atom stereocenters. The van der Waals surface area contributed by atoms with Crippen LogP contribution in [0.15, 0.2) is 12.1 Å². The molecule has 0 aromatic carbocycles. The molecule has 4 nitrogen and oxygen atoms in total. The molecule has 0 saturated carbocycles. The first kappa shape index (κ1) is 9.39. The van der Waals surface area contributed by atoms with Crippen molar-refractivity contribution in [1.29, 1.82) is 0 Å². The van der Waals surface area contributed by atoms with Crippen LogP contribution < -0.4 is 4.74 Å². The van der Waals surface area contributed by atoms with E-state index in [4.69, 9.17) is 4.74 Å². The third-order valence-electron chi connectivity index (χ3n) is 3.04. The molecule has 0 atom stereocenters. The first-order valence-corrected chi connectivity index (χ1v) is 5.38. The molecule has 82 valence electrons. The van der Waals surface area contributed by atoms with Gasteiger partial charge in [0.25, 0.3) is 0 Å². The van der Waals surface area contributed by atoms with Crippen LogP contribution in [0.5, 0.6) is 5.88 Å². The Balaban J connectivity index is 2.29. The Morgan fingerprint density at radius 3 is 3.06 bits per heavy atom. The molecule has 0 aliphatic heterocycles. The number of ether oxygens (including phenoxy) is 1. The number of carbonyl (C=O) groups is 1. The van der Waals surface area contributed by atoms with Gasteiger partial charge in [0.05, 0.1) is 23.8 Å². The summed E-state index contributed by atoms with van der Waals surface area (Å²) in [5.74, 6) is 0.783. The third-order valence-corrected chi connectivity index (χ3v) is 3.04. The van der Waals surface area contributed by atoms with Crippen LogP contribution >= 0.6 is 0 Å². The Kier molecular flexibility index (Phi) is 1.96. The minimum atomic E-state index is 0.193. The summed E-state index contributed by atoms with van der Waals surface area (Å²) in [7, 11) is 1.60. The lowest BCUT2D eigenvalue weighted by Crippen LogP contribution is -2.09. The number of hydrogen-bond acceptors (Lipinski definition) is 3. The monoisotopic (exact) mass is 216 g/mol. The van der Waals surface area contributed by atoms with Gasteiger partial charge < -0.3 is 9.72 Å². The average Bonchev–Trinajstić information content (AvgIpc) is 2.68. The smallest absolute Gasteiger partial charge is 0.213 e. The number of aromatic amines is 1. The zero-order valence-corrected chi connectivity index (χ0v) is 9.04. The number of H-pyrrole nitrogens is 1. The van der Waals surface area contributed by atoms with Gasteiger partial charge in [-0.25, -0.2) is 4.98 Å². The van der Waals surface area contributed by atoms with E-state index < -0.39 is 0 Å². The summed E-state index contributed by atoms with van der Waals surface area (Å²) in [4.78, 5) is 19.3. The van der Waals surface area contributed by atoms with E-state index in [0.29, 0.717) is 12.3 Å². The van der Waals surface area contributed by atoms with Gasteiger partial charge in [-0.05, 0) is 18.9 Å². The Morgan fingerprint density at radius 1 is 1.38 bits per heavy atom. The number of aryl methyl sites for hydroxylation is 1. The van der Waals surface area contributed by atoms with Gasteiger partial charge in [0, 0.05) is 18.1 Å². The highest BCUT2D eigenvalue weighted by molar-refractivity contribution is 6.02. The maximum absolute atomic E-state index is 11.7. The summed E-state index contributed by atoms with van der Waals surface area (Å²) in [6, 6.07) is 3.71. The number of nitrogens with zero attached hydrogens (tertiary/aromatic N) is 1. The lowest BCUT2D eigenvalue weighted by molar-refractivity contribution is 0.0968. The molecule has 4 heteroatoms. The molecule has 2 heterocycles. The number of hydrogen-bond donors (Lipinski definition) is 1. The van der Waals surface area contributed by atoms with E-state index in [9.17, 15) is 4.79 Å². The summed E-state index contributed by atoms with van der Waals surface area (Å²) in [5.41, 5.74) is 3.58. The molecule has 0 radical (unpaired) electrons. The van der Waals surface area contributed by atoms with E-state index in [1.807, 2.05) is 6.07 Å². The van der Waals surface area contributed by atoms with Crippen molar-refractivity contribution in [2.45, 2.75) is 19.3 Å². The van der Waals surface area contributed by atoms with Gasteiger partial charge in [0.15, 0.2) is 5.78 Å². The SMILES string of the molecule is COc1ccc2[nH]c3c(c2n1)CCCC3=O. The van der Waals surface area contributed by atoms with Crippen molar-refractivity contribution in [3.8, 4) is 5.88 Å². The number of aromatic nitrogens is 2. The average molecular weight is 216 g/mol. The Morgan fingerprint density at radius 2 is 2.25 bits per heavy atom. The van der Waals surface area contributed by atoms with Crippen molar-refractivity contribution in [3.05, 3.63) is 23.4 Å². The van der Waals surface area contributed by atoms with E-state index in [0.717, 1.165) is 35.1 Å². The van der Waals surface area contributed by atoms with Crippen LogP contribution in [0.3, 0.4) is 0 Å². The molecule has 16 heavy (non-hydrogen) atoms. The van der Waals surface area contributed by atoms with E-state index in [-0.39, 0.29) is 5.78 Å². The fourth-order valence-electron chi connectivity index (χ4n) is 2.25. The van der Waals surface area contributed by atoms with Crippen LogP contribution in [0, 0.1) is 0 Å². The highest BCUT2D eigenvalue weighted by Gasteiger charge is 2.22. The number of fused-ring (bicyclic) bond motifs is 3. The quantitative estimate of drug-likeness (QED) is 0.794. The number of rotatable bonds is 1. The largest absolute Gasteiger partial charge is 0.481 e. The molecule has 1 aliphatic rings. The molecule has 1 N–H and O–H groups in total. The van der Waals surface area contributed by atoms with Crippen LogP contribution in [-0.2, 0) is 6.42 Å². The topological polar surface area (TPSA) is 55.0 Å². The van der Waals surface area contributed by atoms with E-state index >= 15 is 0 Å². The lowest BCUT2D eigenvalue weighted by Gasteiger charge is -2.08. The Labute approximate surface area is 92.6 Å². The van der Waals surface area contributed by atoms with Crippen molar-refractivity contribution in [1.82, 2.24) is 9.97 Å². The normalized spacial score (nSPS) is 15.2. The molecule has 0 saturated heterocycles. The minimum Gasteiger partial charge on any atom is -0.481 e. The van der Waals surface area contributed by atoms with Crippen LogP contribution in [-0.4, -0.2) is 22.9 Å². The number of nitrogens with one attached hydrogen (secondary N) is 1. The Bertz CT molecular complexity index is 572. The van der Waals surface area contributed by atoms with Gasteiger partial charge in [0.1, 0.15) is 0 Å². The summed E-state index contributed by atoms with van der Waals surface area (Å²) >= 11 is 0. The maximum atomic E-state index is 11.7. The highest BCUT2D eigenvalue weighted by atomic mass is 16.5. The number of carbonyl (C=O) groups excluding carboxylic acids is 1.